The molecule has 1 N–H and O–H groups in total. The van der Waals surface area contributed by atoms with Crippen molar-refractivity contribution in [2.75, 3.05) is 0 Å². The molecule has 0 bridgehead atoms. The van der Waals surface area contributed by atoms with Gasteiger partial charge in [0.25, 0.3) is 0 Å². The van der Waals surface area contributed by atoms with Crippen LogP contribution in [-0.4, -0.2) is 22.8 Å². The Bertz CT molecular complexity index is 187. The van der Waals surface area contributed by atoms with Gasteiger partial charge in [-0.1, -0.05) is 0 Å². The first-order chi connectivity index (χ1) is 4.87. The zero-order valence-electron chi connectivity index (χ0n) is 6.79. The van der Waals surface area contributed by atoms with E-state index < -0.39 is 17.7 Å². The minimum atomic E-state index is -1.67. The summed E-state index contributed by atoms with van der Waals surface area (Å²) < 4.78 is 4.68. The van der Waals surface area contributed by atoms with Crippen molar-refractivity contribution in [2.24, 2.45) is 0 Å². The van der Waals surface area contributed by atoms with Gasteiger partial charge in [0, 0.05) is 0 Å². The molecule has 0 aliphatic carbocycles. The predicted molar refractivity (Wildman–Crippen MR) is 37.5 cm³/mol. The molecule has 0 rings (SSSR count). The van der Waals surface area contributed by atoms with Crippen molar-refractivity contribution >= 4 is 5.97 Å². The quantitative estimate of drug-likeness (QED) is 0.436. The lowest BCUT2D eigenvalue weighted by molar-refractivity contribution is -0.161. The number of carbonyl (C=O) groups excluding carboxylic acids is 1. The van der Waals surface area contributed by atoms with E-state index in [2.05, 4.69) is 4.74 Å². The van der Waals surface area contributed by atoms with Crippen LogP contribution in [0.2, 0.25) is 0 Å². The zero-order chi connectivity index (χ0) is 9.07. The van der Waals surface area contributed by atoms with Crippen LogP contribution in [0.4, 0.5) is 0 Å². The van der Waals surface area contributed by atoms with E-state index in [0.717, 1.165) is 0 Å². The summed E-state index contributed by atoms with van der Waals surface area (Å²) in [6.07, 6.45) is -1.67. The molecular weight excluding hydrogens is 146 g/mol. The fourth-order valence-electron chi connectivity index (χ4n) is 0.410. The van der Waals surface area contributed by atoms with E-state index >= 15 is 0 Å². The average molecular weight is 157 g/mol. The largest absolute Gasteiger partial charge is 0.457 e. The fraction of sp³-hybridized carbons (Fsp3) is 0.714. The molecule has 0 aromatic heterocycles. The molecule has 0 fully saturated rings. The molecule has 0 aliphatic heterocycles. The standard InChI is InChI=1S/C7H11NO3/c1-7(2,3)11-6(10)5(9)4-8/h5,9H,1-3H3. The van der Waals surface area contributed by atoms with Crippen LogP contribution < -0.4 is 0 Å². The number of hydrogen-bond donors (Lipinski definition) is 1. The molecule has 11 heavy (non-hydrogen) atoms. The average Bonchev–Trinajstić information content (AvgIpc) is 1.82. The molecule has 1 unspecified atom stereocenters. The lowest BCUT2D eigenvalue weighted by atomic mass is 10.2. The molecule has 0 aliphatic rings. The van der Waals surface area contributed by atoms with E-state index in [0.29, 0.717) is 0 Å². The predicted octanol–water partition coefficient (Wildman–Crippen LogP) is 0.213. The van der Waals surface area contributed by atoms with Gasteiger partial charge in [0.15, 0.2) is 0 Å². The van der Waals surface area contributed by atoms with Gasteiger partial charge < -0.3 is 9.84 Å². The maximum Gasteiger partial charge on any atom is 0.350 e. The van der Waals surface area contributed by atoms with Crippen LogP contribution >= 0.6 is 0 Å². The summed E-state index contributed by atoms with van der Waals surface area (Å²) in [5.74, 6) is -0.903. The summed E-state index contributed by atoms with van der Waals surface area (Å²) in [6, 6.07) is 1.37. The maximum atomic E-state index is 10.7. The molecular formula is C7H11NO3. The lowest BCUT2D eigenvalue weighted by Crippen LogP contribution is -2.30. The Hall–Kier alpha value is -1.08. The van der Waals surface area contributed by atoms with Crippen molar-refractivity contribution in [3.05, 3.63) is 0 Å². The number of esters is 1. The Balaban J connectivity index is 4.01. The number of hydrogen-bond acceptors (Lipinski definition) is 4. The third kappa shape index (κ3) is 4.34. The fourth-order valence-corrected chi connectivity index (χ4v) is 0.410. The second-order valence-corrected chi connectivity index (χ2v) is 3.07. The van der Waals surface area contributed by atoms with E-state index in [1.165, 1.54) is 6.07 Å². The van der Waals surface area contributed by atoms with Crippen LogP contribution in [0.1, 0.15) is 20.8 Å². The summed E-state index contributed by atoms with van der Waals surface area (Å²) in [6.45, 7) is 4.99. The Morgan fingerprint density at radius 2 is 2.09 bits per heavy atom. The molecule has 0 heterocycles. The molecule has 4 nitrogen and oxygen atoms in total. The molecule has 0 aromatic carbocycles. The van der Waals surface area contributed by atoms with E-state index in [1.54, 1.807) is 20.8 Å². The van der Waals surface area contributed by atoms with Gasteiger partial charge >= 0.3 is 5.97 Å². The van der Waals surface area contributed by atoms with E-state index in [1.807, 2.05) is 0 Å². The summed E-state index contributed by atoms with van der Waals surface area (Å²) in [7, 11) is 0. The third-order valence-electron chi connectivity index (χ3n) is 0.752. The minimum Gasteiger partial charge on any atom is -0.457 e. The summed E-state index contributed by atoms with van der Waals surface area (Å²) in [5.41, 5.74) is -0.658. The van der Waals surface area contributed by atoms with Gasteiger partial charge in [0.05, 0.1) is 0 Å². The van der Waals surface area contributed by atoms with Gasteiger partial charge in [0.2, 0.25) is 6.10 Å². The van der Waals surface area contributed by atoms with Crippen LogP contribution in [0.3, 0.4) is 0 Å². The maximum absolute atomic E-state index is 10.7. The van der Waals surface area contributed by atoms with Gasteiger partial charge in [-0.05, 0) is 20.8 Å². The van der Waals surface area contributed by atoms with Gasteiger partial charge in [-0.25, -0.2) is 4.79 Å². The second-order valence-electron chi connectivity index (χ2n) is 3.07. The van der Waals surface area contributed by atoms with E-state index in [9.17, 15) is 4.79 Å². The summed E-state index contributed by atoms with van der Waals surface area (Å²) >= 11 is 0. The number of rotatable bonds is 1. The number of nitriles is 1. The summed E-state index contributed by atoms with van der Waals surface area (Å²) in [5, 5.41) is 16.8. The van der Waals surface area contributed by atoms with Crippen LogP contribution in [0.5, 0.6) is 0 Å². The highest BCUT2D eigenvalue weighted by Crippen LogP contribution is 2.07. The highest BCUT2D eigenvalue weighted by atomic mass is 16.6. The summed E-state index contributed by atoms with van der Waals surface area (Å²) in [4.78, 5) is 10.7. The Morgan fingerprint density at radius 1 is 1.64 bits per heavy atom. The highest BCUT2D eigenvalue weighted by Gasteiger charge is 2.22. The Labute approximate surface area is 65.4 Å². The van der Waals surface area contributed by atoms with Gasteiger partial charge in [-0.2, -0.15) is 5.26 Å². The molecule has 0 saturated heterocycles. The van der Waals surface area contributed by atoms with Gasteiger partial charge in [-0.3, -0.25) is 0 Å². The molecule has 1 atom stereocenters. The van der Waals surface area contributed by atoms with Crippen molar-refractivity contribution < 1.29 is 14.6 Å². The van der Waals surface area contributed by atoms with Crippen LogP contribution in [-0.2, 0) is 9.53 Å². The van der Waals surface area contributed by atoms with Crippen molar-refractivity contribution in [1.82, 2.24) is 0 Å². The first-order valence-electron chi connectivity index (χ1n) is 3.17. The number of nitrogens with zero attached hydrogens (tertiary/aromatic N) is 1. The molecule has 0 amide bonds. The number of ether oxygens (including phenoxy) is 1. The van der Waals surface area contributed by atoms with Crippen LogP contribution in [0, 0.1) is 11.3 Å². The third-order valence-corrected chi connectivity index (χ3v) is 0.752. The minimum absolute atomic E-state index is 0.658. The van der Waals surface area contributed by atoms with Crippen molar-refractivity contribution in [3.63, 3.8) is 0 Å². The van der Waals surface area contributed by atoms with Gasteiger partial charge in [-0.15, -0.1) is 0 Å². The second kappa shape index (κ2) is 3.35. The molecule has 62 valence electrons. The van der Waals surface area contributed by atoms with Crippen molar-refractivity contribution in [1.29, 1.82) is 5.26 Å². The normalized spacial score (nSPS) is 13.4. The van der Waals surface area contributed by atoms with Crippen LogP contribution in [0.15, 0.2) is 0 Å². The zero-order valence-corrected chi connectivity index (χ0v) is 6.79. The lowest BCUT2D eigenvalue weighted by Gasteiger charge is -2.19. The van der Waals surface area contributed by atoms with E-state index in [4.69, 9.17) is 10.4 Å². The molecule has 0 spiro atoms. The number of aliphatic hydroxyl groups excluding tert-OH is 1. The molecule has 0 aromatic rings. The monoisotopic (exact) mass is 157 g/mol. The first kappa shape index (κ1) is 9.92. The number of aliphatic hydroxyl groups is 1. The highest BCUT2D eigenvalue weighted by molar-refractivity contribution is 5.77. The van der Waals surface area contributed by atoms with Crippen LogP contribution in [0.25, 0.3) is 0 Å². The SMILES string of the molecule is CC(C)(C)OC(=O)C(O)C#N. The Morgan fingerprint density at radius 3 is 2.36 bits per heavy atom. The smallest absolute Gasteiger partial charge is 0.350 e. The van der Waals surface area contributed by atoms with Crippen molar-refractivity contribution in [2.45, 2.75) is 32.5 Å². The van der Waals surface area contributed by atoms with Gasteiger partial charge in [0.1, 0.15) is 11.7 Å². The first-order valence-corrected chi connectivity index (χ1v) is 3.17. The molecule has 4 heteroatoms. The topological polar surface area (TPSA) is 70.3 Å². The molecule has 0 saturated carbocycles. The Kier molecular flexibility index (Phi) is 3.02. The van der Waals surface area contributed by atoms with E-state index in [-0.39, 0.29) is 0 Å². The van der Waals surface area contributed by atoms with Crippen molar-refractivity contribution in [3.8, 4) is 6.07 Å². The molecule has 0 radical (unpaired) electrons. The number of carbonyl (C=O) groups is 1.